The molecule has 1 aliphatic rings. The number of amides is 1. The van der Waals surface area contributed by atoms with Crippen LogP contribution in [0.2, 0.25) is 10.0 Å². The summed E-state index contributed by atoms with van der Waals surface area (Å²) in [5, 5.41) is 3.85. The van der Waals surface area contributed by atoms with Crippen LogP contribution in [0.15, 0.2) is 18.2 Å². The number of carbonyl (C=O) groups excluding carboxylic acids is 1. The number of nitrogens with zero attached hydrogens (tertiary/aromatic N) is 1. The van der Waals surface area contributed by atoms with Gasteiger partial charge in [0.2, 0.25) is 15.9 Å². The van der Waals surface area contributed by atoms with E-state index in [1.807, 2.05) is 0 Å². The molecule has 1 aromatic carbocycles. The maximum absolute atomic E-state index is 12.9. The van der Waals surface area contributed by atoms with Crippen molar-refractivity contribution in [1.29, 1.82) is 0 Å². The zero-order valence-corrected chi connectivity index (χ0v) is 19.2. The third-order valence-electron chi connectivity index (χ3n) is 5.23. The number of piperidine rings is 1. The van der Waals surface area contributed by atoms with E-state index in [0.29, 0.717) is 46.8 Å². The Morgan fingerprint density at radius 2 is 1.82 bits per heavy atom. The smallest absolute Gasteiger partial charge is 0.224 e. The van der Waals surface area contributed by atoms with E-state index in [-0.39, 0.29) is 30.2 Å². The van der Waals surface area contributed by atoms with Crippen LogP contribution in [0.5, 0.6) is 0 Å². The molecule has 0 radical (unpaired) electrons. The van der Waals surface area contributed by atoms with Gasteiger partial charge in [-0.15, -0.1) is 0 Å². The third-order valence-corrected chi connectivity index (χ3v) is 7.78. The van der Waals surface area contributed by atoms with Gasteiger partial charge < -0.3 is 5.32 Å². The minimum Gasteiger partial charge on any atom is -0.353 e. The Balaban J connectivity index is 2.06. The average Bonchev–Trinajstić information content (AvgIpc) is 2.62. The fourth-order valence-electron chi connectivity index (χ4n) is 3.73. The summed E-state index contributed by atoms with van der Waals surface area (Å²) < 4.78 is 27.2. The molecule has 1 saturated heterocycles. The summed E-state index contributed by atoms with van der Waals surface area (Å²) in [5.74, 6) is 0.113. The Hall–Kier alpha value is -0.820. The van der Waals surface area contributed by atoms with Crippen LogP contribution in [0.4, 0.5) is 0 Å². The van der Waals surface area contributed by atoms with E-state index in [1.54, 1.807) is 18.2 Å². The van der Waals surface area contributed by atoms with E-state index < -0.39 is 10.0 Å². The lowest BCUT2D eigenvalue weighted by Crippen LogP contribution is -2.50. The summed E-state index contributed by atoms with van der Waals surface area (Å²) in [7, 11) is -3.54. The number of carbonyl (C=O) groups is 1. The topological polar surface area (TPSA) is 66.5 Å². The highest BCUT2D eigenvalue weighted by atomic mass is 35.5. The van der Waals surface area contributed by atoms with Crippen molar-refractivity contribution in [3.8, 4) is 0 Å². The molecule has 1 fully saturated rings. The molecule has 1 N–H and O–H groups in total. The highest BCUT2D eigenvalue weighted by molar-refractivity contribution is 7.88. The standard InChI is InChI=1S/C20H30Cl2N2O3S/c1-13(2)19(14(3)4)23-20(25)16-6-5-9-24(11-16)28(26,27)12-15-7-8-17(21)18(22)10-15/h7-8,10,13-14,16,19H,5-6,9,11-12H2,1-4H3,(H,23,25)/t16-/m1/s1. The lowest BCUT2D eigenvalue weighted by molar-refractivity contribution is -0.127. The molecule has 5 nitrogen and oxygen atoms in total. The van der Waals surface area contributed by atoms with E-state index >= 15 is 0 Å². The molecular weight excluding hydrogens is 419 g/mol. The highest BCUT2D eigenvalue weighted by Crippen LogP contribution is 2.26. The van der Waals surface area contributed by atoms with E-state index in [1.165, 1.54) is 4.31 Å². The number of hydrogen-bond donors (Lipinski definition) is 1. The fraction of sp³-hybridized carbons (Fsp3) is 0.650. The normalized spacial score (nSPS) is 18.8. The molecule has 1 heterocycles. The van der Waals surface area contributed by atoms with Gasteiger partial charge in [-0.05, 0) is 42.4 Å². The van der Waals surface area contributed by atoms with Crippen LogP contribution in [0.3, 0.4) is 0 Å². The second-order valence-electron chi connectivity index (χ2n) is 8.22. The maximum atomic E-state index is 12.9. The molecule has 8 heteroatoms. The number of halogens is 2. The van der Waals surface area contributed by atoms with Crippen molar-refractivity contribution in [3.63, 3.8) is 0 Å². The molecule has 0 bridgehead atoms. The zero-order chi connectivity index (χ0) is 21.1. The van der Waals surface area contributed by atoms with Crippen LogP contribution in [-0.2, 0) is 20.6 Å². The van der Waals surface area contributed by atoms with Crippen LogP contribution < -0.4 is 5.32 Å². The molecule has 2 rings (SSSR count). The number of hydrogen-bond acceptors (Lipinski definition) is 3. The lowest BCUT2D eigenvalue weighted by atomic mass is 9.91. The third kappa shape index (κ3) is 6.09. The molecule has 0 unspecified atom stereocenters. The molecule has 0 spiro atoms. The number of benzene rings is 1. The predicted octanol–water partition coefficient (Wildman–Crippen LogP) is 4.33. The van der Waals surface area contributed by atoms with Gasteiger partial charge in [0.1, 0.15) is 0 Å². The van der Waals surface area contributed by atoms with Gasteiger partial charge in [-0.3, -0.25) is 4.79 Å². The van der Waals surface area contributed by atoms with E-state index in [4.69, 9.17) is 23.2 Å². The molecule has 0 saturated carbocycles. The van der Waals surface area contributed by atoms with Gasteiger partial charge in [0, 0.05) is 19.1 Å². The minimum absolute atomic E-state index is 0.0539. The Morgan fingerprint density at radius 3 is 2.39 bits per heavy atom. The summed E-state index contributed by atoms with van der Waals surface area (Å²) in [4.78, 5) is 12.8. The summed E-state index contributed by atoms with van der Waals surface area (Å²) in [5.41, 5.74) is 0.584. The van der Waals surface area contributed by atoms with Gasteiger partial charge >= 0.3 is 0 Å². The summed E-state index contributed by atoms with van der Waals surface area (Å²) in [6, 6.07) is 4.91. The second kappa shape index (κ2) is 9.79. The SMILES string of the molecule is CC(C)C(NC(=O)[C@@H]1CCCN(S(=O)(=O)Cc2ccc(Cl)c(Cl)c2)C1)C(C)C. The van der Waals surface area contributed by atoms with Crippen LogP contribution in [0.25, 0.3) is 0 Å². The van der Waals surface area contributed by atoms with Crippen LogP contribution >= 0.6 is 23.2 Å². The Bertz CT molecular complexity index is 789. The van der Waals surface area contributed by atoms with Crippen molar-refractivity contribution in [1.82, 2.24) is 9.62 Å². The monoisotopic (exact) mass is 448 g/mol. The van der Waals surface area contributed by atoms with E-state index in [0.717, 1.165) is 0 Å². The Kier molecular flexibility index (Phi) is 8.20. The van der Waals surface area contributed by atoms with Crippen molar-refractivity contribution in [2.75, 3.05) is 13.1 Å². The first-order valence-corrected chi connectivity index (χ1v) is 12.1. The van der Waals surface area contributed by atoms with Gasteiger partial charge in [0.25, 0.3) is 0 Å². The largest absolute Gasteiger partial charge is 0.353 e. The molecule has 1 atom stereocenters. The predicted molar refractivity (Wildman–Crippen MR) is 115 cm³/mol. The molecule has 1 aliphatic heterocycles. The second-order valence-corrected chi connectivity index (χ2v) is 11.0. The molecule has 1 amide bonds. The van der Waals surface area contributed by atoms with Gasteiger partial charge in [0.15, 0.2) is 0 Å². The summed E-state index contributed by atoms with van der Waals surface area (Å²) in [6.45, 7) is 8.99. The molecule has 28 heavy (non-hydrogen) atoms. The van der Waals surface area contributed by atoms with Crippen molar-refractivity contribution < 1.29 is 13.2 Å². The number of sulfonamides is 1. The first-order chi connectivity index (χ1) is 13.0. The molecule has 0 aliphatic carbocycles. The summed E-state index contributed by atoms with van der Waals surface area (Å²) >= 11 is 11.9. The first kappa shape index (κ1) is 23.5. The Morgan fingerprint density at radius 1 is 1.18 bits per heavy atom. The van der Waals surface area contributed by atoms with Gasteiger partial charge in [-0.1, -0.05) is 57.0 Å². The van der Waals surface area contributed by atoms with Gasteiger partial charge in [-0.2, -0.15) is 0 Å². The average molecular weight is 449 g/mol. The van der Waals surface area contributed by atoms with Crippen LogP contribution in [0.1, 0.15) is 46.1 Å². The van der Waals surface area contributed by atoms with Crippen molar-refractivity contribution >= 4 is 39.1 Å². The quantitative estimate of drug-likeness (QED) is 0.674. The van der Waals surface area contributed by atoms with Crippen LogP contribution in [0, 0.1) is 17.8 Å². The fourth-order valence-corrected chi connectivity index (χ4v) is 5.64. The molecular formula is C20H30Cl2N2O3S. The highest BCUT2D eigenvalue weighted by Gasteiger charge is 2.33. The number of nitrogens with one attached hydrogen (secondary N) is 1. The van der Waals surface area contributed by atoms with Crippen molar-refractivity contribution in [2.24, 2.45) is 17.8 Å². The van der Waals surface area contributed by atoms with Gasteiger partial charge in [-0.25, -0.2) is 12.7 Å². The van der Waals surface area contributed by atoms with Crippen LogP contribution in [-0.4, -0.2) is 37.8 Å². The molecule has 1 aromatic rings. The minimum atomic E-state index is -3.54. The lowest BCUT2D eigenvalue weighted by Gasteiger charge is -2.33. The van der Waals surface area contributed by atoms with E-state index in [2.05, 4.69) is 33.0 Å². The zero-order valence-electron chi connectivity index (χ0n) is 16.9. The molecule has 158 valence electrons. The van der Waals surface area contributed by atoms with Gasteiger partial charge in [0.05, 0.1) is 21.7 Å². The molecule has 0 aromatic heterocycles. The van der Waals surface area contributed by atoms with Crippen molar-refractivity contribution in [2.45, 2.75) is 52.3 Å². The number of rotatable bonds is 7. The van der Waals surface area contributed by atoms with E-state index in [9.17, 15) is 13.2 Å². The Labute approximate surface area is 178 Å². The first-order valence-electron chi connectivity index (χ1n) is 9.73. The summed E-state index contributed by atoms with van der Waals surface area (Å²) in [6.07, 6.45) is 1.38. The van der Waals surface area contributed by atoms with Crippen molar-refractivity contribution in [3.05, 3.63) is 33.8 Å². The maximum Gasteiger partial charge on any atom is 0.224 e.